The second kappa shape index (κ2) is 7.45. The van der Waals surface area contributed by atoms with E-state index in [1.165, 1.54) is 5.56 Å². The number of nitrogens with one attached hydrogen (secondary N) is 1. The number of rotatable bonds is 5. The summed E-state index contributed by atoms with van der Waals surface area (Å²) in [6.07, 6.45) is 5.55. The molecule has 2 N–H and O–H groups in total. The average Bonchev–Trinajstić information content (AvgIpc) is 3.24. The highest BCUT2D eigenvalue weighted by atomic mass is 16.5. The van der Waals surface area contributed by atoms with Crippen molar-refractivity contribution in [3.8, 4) is 11.5 Å². The van der Waals surface area contributed by atoms with E-state index in [9.17, 15) is 5.11 Å². The maximum absolute atomic E-state index is 10.8. The van der Waals surface area contributed by atoms with E-state index in [2.05, 4.69) is 41.7 Å². The predicted molar refractivity (Wildman–Crippen MR) is 116 cm³/mol. The van der Waals surface area contributed by atoms with Crippen LogP contribution in [0.15, 0.2) is 66.7 Å². The summed E-state index contributed by atoms with van der Waals surface area (Å²) in [6.45, 7) is 1.11. The Morgan fingerprint density at radius 2 is 1.97 bits per heavy atom. The van der Waals surface area contributed by atoms with E-state index < -0.39 is 0 Å². The van der Waals surface area contributed by atoms with Crippen LogP contribution in [0.1, 0.15) is 29.5 Å². The Kier molecular flexibility index (Phi) is 4.64. The van der Waals surface area contributed by atoms with Gasteiger partial charge in [-0.05, 0) is 52.9 Å². The van der Waals surface area contributed by atoms with Crippen LogP contribution in [0, 0.1) is 5.92 Å². The van der Waals surface area contributed by atoms with Gasteiger partial charge in [-0.1, -0.05) is 42.5 Å². The first-order valence-electron chi connectivity index (χ1n) is 10.2. The fourth-order valence-electron chi connectivity index (χ4n) is 4.80. The molecule has 0 radical (unpaired) electrons. The van der Waals surface area contributed by atoms with Gasteiger partial charge in [0.25, 0.3) is 0 Å². The summed E-state index contributed by atoms with van der Waals surface area (Å²) in [5, 5.41) is 16.8. The van der Waals surface area contributed by atoms with Gasteiger partial charge in [-0.15, -0.1) is 0 Å². The predicted octanol–water partition coefficient (Wildman–Crippen LogP) is 5.40. The maximum atomic E-state index is 10.8. The number of anilines is 1. The number of phenols is 1. The van der Waals surface area contributed by atoms with Crippen LogP contribution in [-0.2, 0) is 4.74 Å². The van der Waals surface area contributed by atoms with E-state index in [-0.39, 0.29) is 6.04 Å². The van der Waals surface area contributed by atoms with Gasteiger partial charge in [0.05, 0.1) is 12.6 Å². The van der Waals surface area contributed by atoms with Crippen LogP contribution in [-0.4, -0.2) is 25.4 Å². The van der Waals surface area contributed by atoms with Crippen molar-refractivity contribution in [3.05, 3.63) is 77.9 Å². The van der Waals surface area contributed by atoms with E-state index in [0.29, 0.717) is 30.8 Å². The van der Waals surface area contributed by atoms with E-state index in [1.54, 1.807) is 7.11 Å². The van der Waals surface area contributed by atoms with Gasteiger partial charge in [0, 0.05) is 24.3 Å². The summed E-state index contributed by atoms with van der Waals surface area (Å²) in [6, 6.07) is 18.4. The third kappa shape index (κ3) is 3.14. The number of phenolic OH excluding ortho intramolecular Hbond substituents is 1. The minimum atomic E-state index is 0.0499. The van der Waals surface area contributed by atoms with Gasteiger partial charge >= 0.3 is 0 Å². The molecule has 2 aliphatic rings. The smallest absolute Gasteiger partial charge is 0.121 e. The first-order chi connectivity index (χ1) is 14.3. The molecule has 0 aromatic heterocycles. The average molecular weight is 387 g/mol. The summed E-state index contributed by atoms with van der Waals surface area (Å²) in [5.74, 6) is 1.89. The van der Waals surface area contributed by atoms with E-state index in [1.807, 2.05) is 30.3 Å². The normalized spacial score (nSPS) is 22.2. The number of ether oxygens (including phenoxy) is 2. The zero-order valence-corrected chi connectivity index (χ0v) is 16.5. The molecule has 3 atom stereocenters. The molecule has 0 bridgehead atoms. The van der Waals surface area contributed by atoms with Gasteiger partial charge in [0.2, 0.25) is 0 Å². The molecule has 3 aromatic rings. The molecule has 1 heterocycles. The van der Waals surface area contributed by atoms with Crippen LogP contribution in [0.3, 0.4) is 0 Å². The molecular formula is C25H25NO3. The summed E-state index contributed by atoms with van der Waals surface area (Å²) in [5.41, 5.74) is 3.36. The SMILES string of the molecule is COCCOc1ccc2c(c1)C1C=CCC1C(c1c(O)ccc3ccccc13)N2. The lowest BCUT2D eigenvalue weighted by molar-refractivity contribution is 0.146. The largest absolute Gasteiger partial charge is 0.508 e. The van der Waals surface area contributed by atoms with Crippen LogP contribution < -0.4 is 10.1 Å². The number of fused-ring (bicyclic) bond motifs is 4. The number of methoxy groups -OCH3 is 1. The lowest BCUT2D eigenvalue weighted by Crippen LogP contribution is -2.29. The van der Waals surface area contributed by atoms with Crippen LogP contribution in [0.25, 0.3) is 10.8 Å². The van der Waals surface area contributed by atoms with Gasteiger partial charge in [-0.2, -0.15) is 0 Å². The number of benzene rings is 3. The van der Waals surface area contributed by atoms with Crippen molar-refractivity contribution in [2.24, 2.45) is 5.92 Å². The highest BCUT2D eigenvalue weighted by molar-refractivity contribution is 5.89. The molecule has 4 heteroatoms. The zero-order chi connectivity index (χ0) is 19.8. The molecule has 1 aliphatic carbocycles. The van der Waals surface area contributed by atoms with E-state index in [4.69, 9.17) is 9.47 Å². The highest BCUT2D eigenvalue weighted by Crippen LogP contribution is 2.52. The quantitative estimate of drug-likeness (QED) is 0.455. The van der Waals surface area contributed by atoms with Crippen molar-refractivity contribution < 1.29 is 14.6 Å². The van der Waals surface area contributed by atoms with E-state index in [0.717, 1.165) is 34.2 Å². The Balaban J connectivity index is 1.55. The Hall–Kier alpha value is -2.98. The van der Waals surface area contributed by atoms with Crippen LogP contribution in [0.5, 0.6) is 11.5 Å². The Morgan fingerprint density at radius 3 is 2.86 bits per heavy atom. The Bertz CT molecular complexity index is 1070. The summed E-state index contributed by atoms with van der Waals surface area (Å²) in [4.78, 5) is 0. The standard InChI is InChI=1S/C25H25NO3/c1-28-13-14-29-17-10-11-22-21(15-17)19-7-4-8-20(19)25(26-22)24-18-6-3-2-5-16(18)9-12-23(24)27/h2-7,9-12,15,19-20,25-27H,8,13-14H2,1H3. The minimum Gasteiger partial charge on any atom is -0.508 e. The van der Waals surface area contributed by atoms with Crippen LogP contribution in [0.4, 0.5) is 5.69 Å². The van der Waals surface area contributed by atoms with Gasteiger partial charge in [-0.25, -0.2) is 0 Å². The number of allylic oxidation sites excluding steroid dienone is 2. The van der Waals surface area contributed by atoms with Gasteiger partial charge in [0.15, 0.2) is 0 Å². The Morgan fingerprint density at radius 1 is 1.07 bits per heavy atom. The first-order valence-corrected chi connectivity index (χ1v) is 10.2. The minimum absolute atomic E-state index is 0.0499. The van der Waals surface area contributed by atoms with Crippen molar-refractivity contribution in [1.29, 1.82) is 0 Å². The van der Waals surface area contributed by atoms with Crippen molar-refractivity contribution in [2.75, 3.05) is 25.6 Å². The summed E-state index contributed by atoms with van der Waals surface area (Å²) >= 11 is 0. The second-order valence-corrected chi connectivity index (χ2v) is 7.79. The van der Waals surface area contributed by atoms with Gasteiger partial charge < -0.3 is 19.9 Å². The van der Waals surface area contributed by atoms with Crippen LogP contribution >= 0.6 is 0 Å². The number of hydrogen-bond acceptors (Lipinski definition) is 4. The molecule has 29 heavy (non-hydrogen) atoms. The molecule has 1 aliphatic heterocycles. The fourth-order valence-corrected chi connectivity index (χ4v) is 4.80. The molecule has 0 saturated carbocycles. The van der Waals surface area contributed by atoms with Crippen molar-refractivity contribution in [1.82, 2.24) is 0 Å². The topological polar surface area (TPSA) is 50.7 Å². The second-order valence-electron chi connectivity index (χ2n) is 7.79. The first kappa shape index (κ1) is 18.1. The highest BCUT2D eigenvalue weighted by Gasteiger charge is 2.39. The third-order valence-electron chi connectivity index (χ3n) is 6.15. The van der Waals surface area contributed by atoms with Crippen molar-refractivity contribution in [3.63, 3.8) is 0 Å². The molecule has 148 valence electrons. The molecule has 4 nitrogen and oxygen atoms in total. The molecule has 0 spiro atoms. The van der Waals surface area contributed by atoms with Crippen molar-refractivity contribution >= 4 is 16.5 Å². The van der Waals surface area contributed by atoms with Gasteiger partial charge in [-0.3, -0.25) is 0 Å². The molecule has 3 unspecified atom stereocenters. The van der Waals surface area contributed by atoms with Crippen molar-refractivity contribution in [2.45, 2.75) is 18.4 Å². The maximum Gasteiger partial charge on any atom is 0.121 e. The fraction of sp³-hybridized carbons (Fsp3) is 0.280. The van der Waals surface area contributed by atoms with E-state index >= 15 is 0 Å². The molecule has 0 saturated heterocycles. The summed E-state index contributed by atoms with van der Waals surface area (Å²) in [7, 11) is 1.68. The number of aromatic hydroxyl groups is 1. The molecule has 5 rings (SSSR count). The molecule has 0 amide bonds. The number of hydrogen-bond donors (Lipinski definition) is 2. The van der Waals surface area contributed by atoms with Crippen LogP contribution in [0.2, 0.25) is 0 Å². The molecule has 3 aromatic carbocycles. The zero-order valence-electron chi connectivity index (χ0n) is 16.5. The lowest BCUT2D eigenvalue weighted by Gasteiger charge is -2.38. The monoisotopic (exact) mass is 387 g/mol. The lowest BCUT2D eigenvalue weighted by atomic mass is 9.76. The summed E-state index contributed by atoms with van der Waals surface area (Å²) < 4.78 is 10.9. The molecule has 0 fully saturated rings. The van der Waals surface area contributed by atoms with Gasteiger partial charge in [0.1, 0.15) is 18.1 Å². The molecular weight excluding hydrogens is 362 g/mol. The third-order valence-corrected chi connectivity index (χ3v) is 6.15. The Labute approximate surface area is 170 Å².